The zero-order valence-electron chi connectivity index (χ0n) is 43.7. The molecule has 430 valence electrons. The highest BCUT2D eigenvalue weighted by atomic mass is 16.5. The maximum absolute atomic E-state index is 13.4. The Kier molecular flexibility index (Phi) is 29.4. The molecular weight excluding hydrogens is 1030 g/mol. The monoisotopic (exact) mass is 1100 g/mol. The van der Waals surface area contributed by atoms with Gasteiger partial charge in [0, 0.05) is 78.2 Å². The zero-order chi connectivity index (χ0) is 57.4. The summed E-state index contributed by atoms with van der Waals surface area (Å²) in [4.78, 5) is 141. The van der Waals surface area contributed by atoms with Crippen molar-refractivity contribution >= 4 is 65.9 Å². The van der Waals surface area contributed by atoms with E-state index in [1.165, 1.54) is 12.1 Å². The van der Waals surface area contributed by atoms with E-state index in [1.54, 1.807) is 69.0 Å². The molecule has 3 rings (SSSR count). The Balaban J connectivity index is 1.51. The van der Waals surface area contributed by atoms with Gasteiger partial charge in [-0.3, -0.25) is 62.8 Å². The molecule has 10 N–H and O–H groups in total. The van der Waals surface area contributed by atoms with Crippen molar-refractivity contribution in [2.24, 2.45) is 5.92 Å². The lowest BCUT2D eigenvalue weighted by Gasteiger charge is -2.32. The summed E-state index contributed by atoms with van der Waals surface area (Å²) in [6.45, 7) is 1.37. The molecule has 0 bridgehead atoms. The summed E-state index contributed by atoms with van der Waals surface area (Å²) in [5, 5.41) is 60.4. The fourth-order valence-electron chi connectivity index (χ4n) is 8.21. The summed E-state index contributed by atoms with van der Waals surface area (Å²) < 4.78 is 10.6. The molecule has 27 nitrogen and oxygen atoms in total. The molecule has 5 amide bonds. The average Bonchev–Trinajstić information content (AvgIpc) is 3.37. The first-order valence-electron chi connectivity index (χ1n) is 25.5. The molecule has 2 aromatic carbocycles. The predicted octanol–water partition coefficient (Wildman–Crippen LogP) is -1.07. The Bertz CT molecular complexity index is 2260. The largest absolute Gasteiger partial charge is 0.484 e. The van der Waals surface area contributed by atoms with Crippen LogP contribution in [0.2, 0.25) is 0 Å². The van der Waals surface area contributed by atoms with Crippen LogP contribution < -0.4 is 31.3 Å². The van der Waals surface area contributed by atoms with Crippen LogP contribution in [-0.4, -0.2) is 228 Å². The van der Waals surface area contributed by atoms with Crippen LogP contribution in [0.3, 0.4) is 0 Å². The van der Waals surface area contributed by atoms with E-state index in [-0.39, 0.29) is 123 Å². The molecule has 1 saturated heterocycles. The van der Waals surface area contributed by atoms with Crippen LogP contribution >= 0.6 is 0 Å². The van der Waals surface area contributed by atoms with E-state index in [2.05, 4.69) is 26.6 Å². The van der Waals surface area contributed by atoms with Crippen molar-refractivity contribution in [2.45, 2.75) is 76.6 Å². The van der Waals surface area contributed by atoms with Gasteiger partial charge in [0.15, 0.2) is 18.6 Å². The van der Waals surface area contributed by atoms with Crippen molar-refractivity contribution in [3.8, 4) is 5.75 Å². The van der Waals surface area contributed by atoms with Gasteiger partial charge in [0.2, 0.25) is 11.8 Å². The Labute approximate surface area is 450 Å². The number of urea groups is 1. The number of nitrogens with zero attached hydrogens (tertiary/aromatic N) is 4. The Morgan fingerprint density at radius 2 is 1.13 bits per heavy atom. The van der Waals surface area contributed by atoms with Crippen molar-refractivity contribution in [3.63, 3.8) is 0 Å². The molecule has 27 heteroatoms. The van der Waals surface area contributed by atoms with Gasteiger partial charge in [0.25, 0.3) is 12.4 Å². The van der Waals surface area contributed by atoms with Crippen LogP contribution in [0.25, 0.3) is 0 Å². The highest BCUT2D eigenvalue weighted by Crippen LogP contribution is 2.18. The second-order valence-electron chi connectivity index (χ2n) is 18.6. The lowest BCUT2D eigenvalue weighted by Crippen LogP contribution is -2.50. The lowest BCUT2D eigenvalue weighted by molar-refractivity contribution is -0.143. The summed E-state index contributed by atoms with van der Waals surface area (Å²) in [6.07, 6.45) is 0.225. The molecule has 78 heavy (non-hydrogen) atoms. The number of nitrogens with one attached hydrogen (secondary N) is 5. The second kappa shape index (κ2) is 35.6. The summed E-state index contributed by atoms with van der Waals surface area (Å²) in [7, 11) is 0. The maximum Gasteiger partial charge on any atom is 0.326 e. The number of carboxylic acid groups (broad SMARTS) is 5. The number of rotatable bonds is 34. The van der Waals surface area contributed by atoms with E-state index in [1.807, 2.05) is 0 Å². The number of amides is 5. The standard InChI is InChI=1S/C51H73N9O18/c1-2-8-40(50(74)75)55-51(76)56-44(78-34-61)11-6-7-16-52-48(71)41(26-35-9-4-3-5-10-35)54-43(64)33-77-39-14-12-36(13-15-39)25-37(49(72)73)27-38(62)28-53-42(63)29-57-17-19-58(30-45(65)66)21-23-60(32-47(69)70)24-22-59(20-18-57)31-46(67)68/h3-5,9-10,12-15,34,37,40-41,44H,2,6-8,11,16-33H2,1H3,(H,52,71)(H,53,63)(H,54,64)(H,65,66)(H,67,68)(H,69,70)(H,72,73)(H,74,75)(H2,55,56,76)/t37-,40+,41+,44-/m1/s1. The number of aliphatic carboxylic acids is 5. The molecule has 0 radical (unpaired) electrons. The van der Waals surface area contributed by atoms with Gasteiger partial charge in [-0.15, -0.1) is 0 Å². The van der Waals surface area contributed by atoms with E-state index < -0.39 is 103 Å². The van der Waals surface area contributed by atoms with Crippen LogP contribution in [-0.2, 0) is 65.5 Å². The molecule has 0 aromatic heterocycles. The summed E-state index contributed by atoms with van der Waals surface area (Å²) in [6, 6.07) is 12.2. The SMILES string of the molecule is CCC[C@H](NC(=O)N[C@@H](CCCCNC(=O)[C@H](Cc1ccccc1)NC(=O)COc1ccc(C[C@H](CC(=O)CNC(=O)CN2CCN(CC(=O)O)CCN(CC(=O)O)CCN(CC(=O)O)CC2)C(=O)O)cc1)OC=O)C(=O)O. The Morgan fingerprint density at radius 3 is 1.63 bits per heavy atom. The van der Waals surface area contributed by atoms with Crippen LogP contribution in [0.5, 0.6) is 5.75 Å². The number of carbonyl (C=O) groups is 11. The van der Waals surface area contributed by atoms with E-state index >= 15 is 0 Å². The van der Waals surface area contributed by atoms with Gasteiger partial charge in [0.1, 0.15) is 17.8 Å². The topological polar surface area (TPSA) is 380 Å². The first-order valence-corrected chi connectivity index (χ1v) is 25.5. The molecule has 0 saturated carbocycles. The molecule has 4 atom stereocenters. The maximum atomic E-state index is 13.4. The minimum Gasteiger partial charge on any atom is -0.484 e. The third-order valence-corrected chi connectivity index (χ3v) is 12.3. The third-order valence-electron chi connectivity index (χ3n) is 12.3. The van der Waals surface area contributed by atoms with Crippen molar-refractivity contribution < 1.29 is 87.7 Å². The number of hydrogen-bond acceptors (Lipinski definition) is 17. The highest BCUT2D eigenvalue weighted by molar-refractivity contribution is 5.90. The van der Waals surface area contributed by atoms with Crippen molar-refractivity contribution in [2.75, 3.05) is 98.2 Å². The number of benzene rings is 2. The first-order chi connectivity index (χ1) is 37.2. The van der Waals surface area contributed by atoms with Crippen LogP contribution in [0, 0.1) is 5.92 Å². The Hall–Kier alpha value is -7.75. The van der Waals surface area contributed by atoms with Crippen molar-refractivity contribution in [1.82, 2.24) is 46.2 Å². The van der Waals surface area contributed by atoms with Crippen molar-refractivity contribution in [1.29, 1.82) is 0 Å². The molecular formula is C51H73N9O18. The smallest absolute Gasteiger partial charge is 0.326 e. The average molecular weight is 1100 g/mol. The number of carboxylic acids is 5. The lowest BCUT2D eigenvalue weighted by atomic mass is 9.94. The number of carbonyl (C=O) groups excluding carboxylic acids is 6. The van der Waals surface area contributed by atoms with Gasteiger partial charge in [0.05, 0.1) is 38.6 Å². The van der Waals surface area contributed by atoms with Gasteiger partial charge in [-0.05, 0) is 48.9 Å². The fraction of sp³-hybridized carbons (Fsp3) is 0.549. The fourth-order valence-corrected chi connectivity index (χ4v) is 8.21. The van der Waals surface area contributed by atoms with E-state index in [9.17, 15) is 78.3 Å². The molecule has 1 aliphatic heterocycles. The third kappa shape index (κ3) is 27.3. The second-order valence-corrected chi connectivity index (χ2v) is 18.6. The minimum atomic E-state index is -1.25. The number of hydrogen-bond donors (Lipinski definition) is 10. The predicted molar refractivity (Wildman–Crippen MR) is 276 cm³/mol. The quantitative estimate of drug-likeness (QED) is 0.0226. The highest BCUT2D eigenvalue weighted by Gasteiger charge is 2.26. The summed E-state index contributed by atoms with van der Waals surface area (Å²) in [5.41, 5.74) is 1.29. The number of ether oxygens (including phenoxy) is 2. The summed E-state index contributed by atoms with van der Waals surface area (Å²) in [5.74, 6) is -8.93. The summed E-state index contributed by atoms with van der Waals surface area (Å²) >= 11 is 0. The molecule has 0 unspecified atom stereocenters. The van der Waals surface area contributed by atoms with Gasteiger partial charge >= 0.3 is 35.9 Å². The van der Waals surface area contributed by atoms with Gasteiger partial charge < -0.3 is 61.6 Å². The minimum absolute atomic E-state index is 0.0666. The number of Topliss-reactive ketones (excluding diaryl/α,β-unsaturated/α-hetero) is 1. The number of ketones is 1. The van der Waals surface area contributed by atoms with E-state index in [4.69, 9.17) is 9.47 Å². The molecule has 0 aliphatic carbocycles. The molecule has 1 heterocycles. The molecule has 1 aliphatic rings. The number of unbranched alkanes of at least 4 members (excludes halogenated alkanes) is 1. The van der Waals surface area contributed by atoms with Crippen LogP contribution in [0.15, 0.2) is 54.6 Å². The molecule has 1 fully saturated rings. The van der Waals surface area contributed by atoms with E-state index in [0.29, 0.717) is 24.8 Å². The Morgan fingerprint density at radius 1 is 0.590 bits per heavy atom. The van der Waals surface area contributed by atoms with Gasteiger partial charge in [-0.2, -0.15) is 0 Å². The van der Waals surface area contributed by atoms with Gasteiger partial charge in [-0.25, -0.2) is 9.59 Å². The van der Waals surface area contributed by atoms with Crippen LogP contribution in [0.1, 0.15) is 56.6 Å². The molecule has 2 aromatic rings. The molecule has 0 spiro atoms. The van der Waals surface area contributed by atoms with Crippen molar-refractivity contribution in [3.05, 3.63) is 65.7 Å². The first kappa shape index (κ1) is 64.5. The zero-order valence-corrected chi connectivity index (χ0v) is 43.7. The van der Waals surface area contributed by atoms with Gasteiger partial charge in [-0.1, -0.05) is 55.8 Å². The van der Waals surface area contributed by atoms with Crippen LogP contribution in [0.4, 0.5) is 4.79 Å². The van der Waals surface area contributed by atoms with E-state index in [0.717, 1.165) is 5.56 Å². The normalized spacial score (nSPS) is 15.5.